The first-order valence-electron chi connectivity index (χ1n) is 11.4. The van der Waals surface area contributed by atoms with Crippen LogP contribution in [0.15, 0.2) is 79.1 Å². The molecule has 4 N–H and O–H groups in total. The molecule has 3 aromatic carbocycles. The molecule has 0 radical (unpaired) electrons. The van der Waals surface area contributed by atoms with Crippen LogP contribution in [0.3, 0.4) is 0 Å². The van der Waals surface area contributed by atoms with Crippen LogP contribution in [-0.4, -0.2) is 26.0 Å². The van der Waals surface area contributed by atoms with E-state index in [1.807, 2.05) is 6.92 Å². The van der Waals surface area contributed by atoms with Crippen LogP contribution in [-0.2, 0) is 6.18 Å². The molecule has 190 valence electrons. The molecular formula is C28H20F3N5O2. The molecular weight excluding hydrogens is 495 g/mol. The summed E-state index contributed by atoms with van der Waals surface area (Å²) in [6, 6.07) is 16.2. The highest BCUT2D eigenvalue weighted by molar-refractivity contribution is 6.05. The number of phenolic OH excluding ortho intramolecular Hbond substituents is 1. The molecule has 0 aliphatic heterocycles. The third kappa shape index (κ3) is 4.71. The molecule has 0 bridgehead atoms. The monoisotopic (exact) mass is 515 g/mol. The van der Waals surface area contributed by atoms with E-state index in [2.05, 4.69) is 20.3 Å². The topological polar surface area (TPSA) is 114 Å². The van der Waals surface area contributed by atoms with Gasteiger partial charge < -0.3 is 16.2 Å². The second-order valence-corrected chi connectivity index (χ2v) is 8.59. The number of aromatic nitrogens is 3. The molecule has 0 aliphatic rings. The number of halogens is 3. The zero-order valence-corrected chi connectivity index (χ0v) is 19.9. The quantitative estimate of drug-likeness (QED) is 0.262. The Hall–Kier alpha value is -4.99. The summed E-state index contributed by atoms with van der Waals surface area (Å²) in [7, 11) is 0. The molecule has 0 spiro atoms. The molecule has 7 nitrogen and oxygen atoms in total. The van der Waals surface area contributed by atoms with Crippen molar-refractivity contribution < 1.29 is 23.1 Å². The number of hydrogen-bond donors (Lipinski definition) is 3. The molecule has 0 saturated heterocycles. The van der Waals surface area contributed by atoms with Crippen molar-refractivity contribution in [2.75, 3.05) is 11.1 Å². The van der Waals surface area contributed by atoms with Crippen LogP contribution in [0, 0.1) is 6.92 Å². The van der Waals surface area contributed by atoms with Crippen molar-refractivity contribution in [1.29, 1.82) is 0 Å². The van der Waals surface area contributed by atoms with Crippen molar-refractivity contribution in [3.05, 3.63) is 95.8 Å². The summed E-state index contributed by atoms with van der Waals surface area (Å²) in [6.45, 7) is 1.83. The standard InChI is InChI=1S/C28H20F3N5O2/c1-15-8-9-19(35-26(38)16-5-4-6-18(11-16)28(29,30)31)13-20(15)21-12-17-14-34-27(32)36-24(17)23(25(21)37)22-7-2-3-10-33-22/h2-14,37H,1H3,(H,35,38)(H2,32,34,36). The SMILES string of the molecule is Cc1ccc(NC(=O)c2cccc(C(F)(F)F)c2)cc1-c1cc2cnc(N)nc2c(-c2ccccn2)c1O. The number of benzene rings is 3. The molecule has 0 fully saturated rings. The van der Waals surface area contributed by atoms with Gasteiger partial charge in [0.1, 0.15) is 5.75 Å². The summed E-state index contributed by atoms with van der Waals surface area (Å²) in [5.41, 5.74) is 8.15. The van der Waals surface area contributed by atoms with Crippen LogP contribution < -0.4 is 11.1 Å². The number of carbonyl (C=O) groups excluding carboxylic acids is 1. The number of aromatic hydroxyl groups is 1. The maximum absolute atomic E-state index is 13.1. The zero-order chi connectivity index (χ0) is 27.0. The van der Waals surface area contributed by atoms with Crippen molar-refractivity contribution in [2.24, 2.45) is 0 Å². The number of rotatable bonds is 4. The van der Waals surface area contributed by atoms with Gasteiger partial charge in [0.25, 0.3) is 5.91 Å². The van der Waals surface area contributed by atoms with Crippen LogP contribution in [0.5, 0.6) is 5.75 Å². The maximum Gasteiger partial charge on any atom is 0.416 e. The lowest BCUT2D eigenvalue weighted by Crippen LogP contribution is -2.14. The molecule has 0 aliphatic carbocycles. The maximum atomic E-state index is 13.1. The number of hydrogen-bond acceptors (Lipinski definition) is 6. The minimum absolute atomic E-state index is 0.0392. The summed E-state index contributed by atoms with van der Waals surface area (Å²) >= 11 is 0. The predicted molar refractivity (Wildman–Crippen MR) is 138 cm³/mol. The first-order valence-corrected chi connectivity index (χ1v) is 11.4. The van der Waals surface area contributed by atoms with Gasteiger partial charge >= 0.3 is 6.18 Å². The fourth-order valence-electron chi connectivity index (χ4n) is 4.17. The number of nitrogens with zero attached hydrogens (tertiary/aromatic N) is 3. The lowest BCUT2D eigenvalue weighted by atomic mass is 9.93. The molecule has 0 atom stereocenters. The zero-order valence-electron chi connectivity index (χ0n) is 19.9. The highest BCUT2D eigenvalue weighted by atomic mass is 19.4. The van der Waals surface area contributed by atoms with Crippen molar-refractivity contribution in [3.8, 4) is 28.1 Å². The van der Waals surface area contributed by atoms with Crippen LogP contribution in [0.2, 0.25) is 0 Å². The third-order valence-corrected chi connectivity index (χ3v) is 6.02. The Bertz CT molecular complexity index is 1690. The number of anilines is 2. The van der Waals surface area contributed by atoms with Crippen LogP contribution in [0.4, 0.5) is 24.8 Å². The average molecular weight is 515 g/mol. The number of phenols is 1. The highest BCUT2D eigenvalue weighted by Crippen LogP contribution is 2.43. The van der Waals surface area contributed by atoms with E-state index in [0.717, 1.165) is 17.7 Å². The molecule has 1 amide bonds. The largest absolute Gasteiger partial charge is 0.507 e. The van der Waals surface area contributed by atoms with Crippen LogP contribution >= 0.6 is 0 Å². The van der Waals surface area contributed by atoms with E-state index in [4.69, 9.17) is 5.73 Å². The Labute approximate surface area is 214 Å². The fourth-order valence-corrected chi connectivity index (χ4v) is 4.17. The average Bonchev–Trinajstić information content (AvgIpc) is 2.89. The molecule has 0 saturated carbocycles. The Morgan fingerprint density at radius 3 is 2.53 bits per heavy atom. The second kappa shape index (κ2) is 9.47. The number of carbonyl (C=O) groups is 1. The van der Waals surface area contributed by atoms with Gasteiger partial charge in [0.15, 0.2) is 0 Å². The normalized spacial score (nSPS) is 11.5. The Morgan fingerprint density at radius 1 is 0.974 bits per heavy atom. The van der Waals surface area contributed by atoms with E-state index in [-0.39, 0.29) is 17.3 Å². The summed E-state index contributed by atoms with van der Waals surface area (Å²) in [4.78, 5) is 25.5. The van der Waals surface area contributed by atoms with E-state index in [9.17, 15) is 23.1 Å². The van der Waals surface area contributed by atoms with E-state index in [1.54, 1.807) is 54.9 Å². The molecule has 0 unspecified atom stereocenters. The number of alkyl halides is 3. The summed E-state index contributed by atoms with van der Waals surface area (Å²) in [5, 5.41) is 14.7. The molecule has 5 rings (SSSR count). The number of aryl methyl sites for hydroxylation is 1. The van der Waals surface area contributed by atoms with Gasteiger partial charge in [-0.2, -0.15) is 13.2 Å². The van der Waals surface area contributed by atoms with Gasteiger partial charge in [0, 0.05) is 34.6 Å². The van der Waals surface area contributed by atoms with Gasteiger partial charge in [0.05, 0.1) is 22.3 Å². The molecule has 2 heterocycles. The Morgan fingerprint density at radius 2 is 1.79 bits per heavy atom. The number of pyridine rings is 1. The van der Waals surface area contributed by atoms with Gasteiger partial charge in [-0.1, -0.05) is 18.2 Å². The predicted octanol–water partition coefficient (Wildman–Crippen LogP) is 6.23. The van der Waals surface area contributed by atoms with E-state index in [0.29, 0.717) is 39.0 Å². The van der Waals surface area contributed by atoms with Gasteiger partial charge in [-0.15, -0.1) is 0 Å². The van der Waals surface area contributed by atoms with Gasteiger partial charge in [-0.25, -0.2) is 9.97 Å². The minimum Gasteiger partial charge on any atom is -0.507 e. The lowest BCUT2D eigenvalue weighted by Gasteiger charge is -2.16. The summed E-state index contributed by atoms with van der Waals surface area (Å²) < 4.78 is 39.3. The van der Waals surface area contributed by atoms with Crippen LogP contribution in [0.1, 0.15) is 21.5 Å². The number of nitrogens with one attached hydrogen (secondary N) is 1. The lowest BCUT2D eigenvalue weighted by molar-refractivity contribution is -0.137. The molecule has 2 aromatic heterocycles. The Balaban J connectivity index is 1.60. The first kappa shape index (κ1) is 24.7. The number of nitrogen functional groups attached to an aromatic ring is 1. The van der Waals surface area contributed by atoms with Crippen molar-refractivity contribution >= 4 is 28.4 Å². The molecule has 38 heavy (non-hydrogen) atoms. The van der Waals surface area contributed by atoms with Gasteiger partial charge in [-0.3, -0.25) is 9.78 Å². The van der Waals surface area contributed by atoms with E-state index in [1.165, 1.54) is 12.1 Å². The van der Waals surface area contributed by atoms with Crippen molar-refractivity contribution in [1.82, 2.24) is 15.0 Å². The Kier molecular flexibility index (Phi) is 6.15. The minimum atomic E-state index is -4.57. The van der Waals surface area contributed by atoms with Gasteiger partial charge in [0.2, 0.25) is 5.95 Å². The van der Waals surface area contributed by atoms with E-state index < -0.39 is 17.6 Å². The van der Waals surface area contributed by atoms with E-state index >= 15 is 0 Å². The third-order valence-electron chi connectivity index (χ3n) is 6.02. The molecule has 10 heteroatoms. The fraction of sp³-hybridized carbons (Fsp3) is 0.0714. The number of amides is 1. The van der Waals surface area contributed by atoms with Crippen molar-refractivity contribution in [2.45, 2.75) is 13.1 Å². The molecule has 5 aromatic rings. The smallest absolute Gasteiger partial charge is 0.416 e. The number of fused-ring (bicyclic) bond motifs is 1. The van der Waals surface area contributed by atoms with Crippen LogP contribution in [0.25, 0.3) is 33.3 Å². The first-order chi connectivity index (χ1) is 18.1. The second-order valence-electron chi connectivity index (χ2n) is 8.59. The summed E-state index contributed by atoms with van der Waals surface area (Å²) in [6.07, 6.45) is -1.44. The highest BCUT2D eigenvalue weighted by Gasteiger charge is 2.31. The number of nitrogens with two attached hydrogens (primary N) is 1. The van der Waals surface area contributed by atoms with Crippen molar-refractivity contribution in [3.63, 3.8) is 0 Å². The summed E-state index contributed by atoms with van der Waals surface area (Å²) in [5.74, 6) is -0.761. The van der Waals surface area contributed by atoms with Gasteiger partial charge in [-0.05, 0) is 66.6 Å².